The van der Waals surface area contributed by atoms with Crippen LogP contribution in [0, 0.1) is 11.6 Å². The molecule has 1 aromatic heterocycles. The molecular formula is C22H18ClF5N4O4. The monoisotopic (exact) mass is 532 g/mol. The average molecular weight is 533 g/mol. The minimum Gasteiger partial charge on any atom is -0.465 e. The number of carboxylic acid groups (broad SMARTS) is 1. The molecule has 0 bridgehead atoms. The second-order valence-electron chi connectivity index (χ2n) is 8.31. The number of imide groups is 1. The molecule has 1 aliphatic carbocycles. The van der Waals surface area contributed by atoms with E-state index in [1.807, 2.05) is 0 Å². The molecule has 2 aromatic rings. The topological polar surface area (TPSA) is 94.1 Å². The third-order valence-corrected chi connectivity index (χ3v) is 6.51. The fraction of sp³-hybridized carbons (Fsp3) is 0.364. The van der Waals surface area contributed by atoms with Crippen molar-refractivity contribution in [1.82, 2.24) is 9.88 Å². The van der Waals surface area contributed by atoms with Crippen molar-refractivity contribution < 1.29 is 41.4 Å². The molecule has 4 rings (SSSR count). The number of hydrogen-bond donors (Lipinski definition) is 1. The zero-order valence-corrected chi connectivity index (χ0v) is 19.3. The molecule has 1 N–H and O–H groups in total. The van der Waals surface area contributed by atoms with Gasteiger partial charge in [-0.1, -0.05) is 11.6 Å². The lowest BCUT2D eigenvalue weighted by atomic mass is 9.91. The van der Waals surface area contributed by atoms with Crippen molar-refractivity contribution in [2.75, 3.05) is 23.4 Å². The van der Waals surface area contributed by atoms with E-state index in [1.165, 1.54) is 0 Å². The number of aromatic nitrogens is 1. The van der Waals surface area contributed by atoms with Crippen LogP contribution >= 0.6 is 11.6 Å². The first-order chi connectivity index (χ1) is 16.8. The number of rotatable bonds is 3. The first kappa shape index (κ1) is 25.6. The van der Waals surface area contributed by atoms with Gasteiger partial charge < -0.3 is 10.0 Å². The van der Waals surface area contributed by atoms with Crippen LogP contribution in [-0.2, 0) is 23.8 Å². The summed E-state index contributed by atoms with van der Waals surface area (Å²) in [6.45, 7) is -0.756. The number of carbonyl (C=O) groups excluding carboxylic acids is 2. The van der Waals surface area contributed by atoms with Crippen LogP contribution in [0.4, 0.5) is 43.0 Å². The minimum absolute atomic E-state index is 0.0118. The quantitative estimate of drug-likeness (QED) is 0.450. The van der Waals surface area contributed by atoms with E-state index >= 15 is 0 Å². The molecule has 4 amide bonds. The van der Waals surface area contributed by atoms with Crippen molar-refractivity contribution in [1.29, 1.82) is 0 Å². The molecule has 1 unspecified atom stereocenters. The smallest absolute Gasteiger partial charge is 0.416 e. The van der Waals surface area contributed by atoms with Crippen molar-refractivity contribution in [3.8, 4) is 0 Å². The number of likely N-dealkylation sites (N-methyl/N-ethyl adjacent to an activating group) is 1. The Hall–Kier alpha value is -3.48. The van der Waals surface area contributed by atoms with Crippen molar-refractivity contribution >= 4 is 41.1 Å². The lowest BCUT2D eigenvalue weighted by Gasteiger charge is -2.28. The number of urea groups is 1. The van der Waals surface area contributed by atoms with E-state index in [-0.39, 0.29) is 29.0 Å². The standard InChI is InChI=1S/C22H18ClF5N4O4/c1-30(14-7-6-12(24)17(23)18(14)25)19(33)15-9-31(21(35)36)20(34)32(15)16-8-11(22(26,27)28)10-4-2-3-5-13(10)29-16/h6-8,15H,2-5,9H2,1H3,(H,35,36). The maximum absolute atomic E-state index is 14.5. The van der Waals surface area contributed by atoms with Crippen LogP contribution in [0.1, 0.15) is 29.7 Å². The van der Waals surface area contributed by atoms with Crippen LogP contribution in [-0.4, -0.2) is 52.7 Å². The Bertz CT molecular complexity index is 1270. The Kier molecular flexibility index (Phi) is 6.54. The number of halogens is 6. The van der Waals surface area contributed by atoms with Crippen molar-refractivity contribution in [3.63, 3.8) is 0 Å². The predicted octanol–water partition coefficient (Wildman–Crippen LogP) is 4.86. The molecule has 192 valence electrons. The maximum Gasteiger partial charge on any atom is 0.416 e. The molecule has 0 radical (unpaired) electrons. The Balaban J connectivity index is 1.81. The van der Waals surface area contributed by atoms with Gasteiger partial charge in [-0.05, 0) is 49.4 Å². The normalized spacial score (nSPS) is 17.9. The first-order valence-corrected chi connectivity index (χ1v) is 11.1. The number of alkyl halides is 3. The highest BCUT2D eigenvalue weighted by Crippen LogP contribution is 2.39. The van der Waals surface area contributed by atoms with Crippen molar-refractivity contribution in [3.05, 3.63) is 51.7 Å². The maximum atomic E-state index is 14.5. The van der Waals surface area contributed by atoms with Crippen molar-refractivity contribution in [2.24, 2.45) is 0 Å². The summed E-state index contributed by atoms with van der Waals surface area (Å²) in [4.78, 5) is 43.6. The Morgan fingerprint density at radius 1 is 1.19 bits per heavy atom. The molecule has 1 aromatic carbocycles. The van der Waals surface area contributed by atoms with Gasteiger partial charge in [-0.3, -0.25) is 9.69 Å². The van der Waals surface area contributed by atoms with Crippen LogP contribution in [0.25, 0.3) is 0 Å². The number of fused-ring (bicyclic) bond motifs is 1. The van der Waals surface area contributed by atoms with Gasteiger partial charge in [-0.2, -0.15) is 13.2 Å². The molecule has 1 aliphatic heterocycles. The molecule has 1 saturated heterocycles. The van der Waals surface area contributed by atoms with Crippen molar-refractivity contribution in [2.45, 2.75) is 37.9 Å². The number of amides is 4. The zero-order chi connectivity index (χ0) is 26.5. The van der Waals surface area contributed by atoms with Gasteiger partial charge in [-0.25, -0.2) is 28.3 Å². The summed E-state index contributed by atoms with van der Waals surface area (Å²) >= 11 is 5.58. The van der Waals surface area contributed by atoms with E-state index in [9.17, 15) is 41.4 Å². The van der Waals surface area contributed by atoms with Gasteiger partial charge in [0, 0.05) is 12.7 Å². The highest BCUT2D eigenvalue weighted by atomic mass is 35.5. The number of aryl methyl sites for hydroxylation is 1. The van der Waals surface area contributed by atoms with E-state index in [1.54, 1.807) is 0 Å². The van der Waals surface area contributed by atoms with Crippen LogP contribution in [0.2, 0.25) is 5.02 Å². The largest absolute Gasteiger partial charge is 0.465 e. The molecule has 1 atom stereocenters. The number of pyridine rings is 1. The second-order valence-corrected chi connectivity index (χ2v) is 8.69. The third kappa shape index (κ3) is 4.31. The highest BCUT2D eigenvalue weighted by molar-refractivity contribution is 6.31. The minimum atomic E-state index is -4.79. The van der Waals surface area contributed by atoms with Crippen LogP contribution in [0.5, 0.6) is 0 Å². The fourth-order valence-corrected chi connectivity index (χ4v) is 4.54. The summed E-state index contributed by atoms with van der Waals surface area (Å²) < 4.78 is 69.7. The van der Waals surface area contributed by atoms with E-state index in [2.05, 4.69) is 4.98 Å². The Morgan fingerprint density at radius 3 is 2.50 bits per heavy atom. The van der Waals surface area contributed by atoms with Gasteiger partial charge in [0.2, 0.25) is 0 Å². The number of anilines is 2. The SMILES string of the molecule is CN(C(=O)C1CN(C(=O)O)C(=O)N1c1cc(C(F)(F)F)c2c(n1)CCCC2)c1ccc(F)c(Cl)c1F. The second kappa shape index (κ2) is 9.19. The summed E-state index contributed by atoms with van der Waals surface area (Å²) in [7, 11) is 1.07. The molecule has 0 saturated carbocycles. The van der Waals surface area contributed by atoms with Gasteiger partial charge in [0.25, 0.3) is 5.91 Å². The number of hydrogen-bond acceptors (Lipinski definition) is 4. The van der Waals surface area contributed by atoms with Crippen LogP contribution in [0.3, 0.4) is 0 Å². The van der Waals surface area contributed by atoms with Crippen LogP contribution < -0.4 is 9.80 Å². The lowest BCUT2D eigenvalue weighted by molar-refractivity contribution is -0.138. The highest BCUT2D eigenvalue weighted by Gasteiger charge is 2.48. The van der Waals surface area contributed by atoms with Gasteiger partial charge in [0.1, 0.15) is 22.7 Å². The van der Waals surface area contributed by atoms with Gasteiger partial charge >= 0.3 is 18.3 Å². The molecule has 1 fully saturated rings. The van der Waals surface area contributed by atoms with E-state index in [4.69, 9.17) is 11.6 Å². The summed E-state index contributed by atoms with van der Waals surface area (Å²) in [5.41, 5.74) is -1.42. The van der Waals surface area contributed by atoms with Gasteiger partial charge in [-0.15, -0.1) is 0 Å². The molecule has 8 nitrogen and oxygen atoms in total. The predicted molar refractivity (Wildman–Crippen MR) is 117 cm³/mol. The number of nitrogens with zero attached hydrogens (tertiary/aromatic N) is 4. The average Bonchev–Trinajstić information content (AvgIpc) is 3.17. The molecule has 36 heavy (non-hydrogen) atoms. The van der Waals surface area contributed by atoms with E-state index in [0.717, 1.165) is 19.2 Å². The number of benzene rings is 1. The number of carbonyl (C=O) groups is 3. The van der Waals surface area contributed by atoms with E-state index < -0.39 is 70.5 Å². The first-order valence-electron chi connectivity index (χ1n) is 10.7. The summed E-state index contributed by atoms with van der Waals surface area (Å²) in [5, 5.41) is 8.53. The van der Waals surface area contributed by atoms with E-state index in [0.29, 0.717) is 28.7 Å². The fourth-order valence-electron chi connectivity index (χ4n) is 4.39. The van der Waals surface area contributed by atoms with Gasteiger partial charge in [0.15, 0.2) is 5.82 Å². The third-order valence-electron chi connectivity index (χ3n) is 6.17. The zero-order valence-electron chi connectivity index (χ0n) is 18.6. The van der Waals surface area contributed by atoms with Crippen LogP contribution in [0.15, 0.2) is 18.2 Å². The summed E-state index contributed by atoms with van der Waals surface area (Å²) in [5.74, 6) is -3.99. The molecule has 2 heterocycles. The Labute approximate surface area is 205 Å². The molecule has 2 aliphatic rings. The summed E-state index contributed by atoms with van der Waals surface area (Å²) in [6, 6.07) is -0.654. The molecular weight excluding hydrogens is 515 g/mol. The summed E-state index contributed by atoms with van der Waals surface area (Å²) in [6.07, 6.45) is -5.13. The van der Waals surface area contributed by atoms with Gasteiger partial charge in [0.05, 0.1) is 17.8 Å². The molecule has 14 heteroatoms. The Morgan fingerprint density at radius 2 is 1.86 bits per heavy atom. The lowest BCUT2D eigenvalue weighted by Crippen LogP contribution is -2.47. The molecule has 0 spiro atoms.